The summed E-state index contributed by atoms with van der Waals surface area (Å²) in [5.74, 6) is 0.760. The quantitative estimate of drug-likeness (QED) is 0.714. The van der Waals surface area contributed by atoms with E-state index >= 15 is 0 Å². The number of carbonyl (C=O) groups excluding carboxylic acids is 2. The second-order valence-corrected chi connectivity index (χ2v) is 8.72. The van der Waals surface area contributed by atoms with Crippen LogP contribution < -0.4 is 5.32 Å². The number of thiazole rings is 1. The molecule has 0 atom stereocenters. The summed E-state index contributed by atoms with van der Waals surface area (Å²) >= 11 is 3.37. The number of hydrogen-bond acceptors (Lipinski definition) is 6. The molecule has 8 heteroatoms. The van der Waals surface area contributed by atoms with E-state index in [0.717, 1.165) is 34.2 Å². The molecule has 0 saturated carbocycles. The Bertz CT molecular complexity index is 799. The minimum absolute atomic E-state index is 0.0683. The molecule has 1 fully saturated rings. The Morgan fingerprint density at radius 1 is 1.29 bits per heavy atom. The van der Waals surface area contributed by atoms with Crippen molar-refractivity contribution >= 4 is 35.1 Å². The van der Waals surface area contributed by atoms with E-state index < -0.39 is 0 Å². The first-order chi connectivity index (χ1) is 13.5. The third-order valence-electron chi connectivity index (χ3n) is 4.53. The van der Waals surface area contributed by atoms with Gasteiger partial charge in [0.25, 0.3) is 5.91 Å². The Labute approximate surface area is 173 Å². The number of aromatic nitrogens is 1. The van der Waals surface area contributed by atoms with Crippen molar-refractivity contribution in [3.05, 3.63) is 45.9 Å². The molecule has 0 bridgehead atoms. The average Bonchev–Trinajstić information content (AvgIpc) is 3.13. The van der Waals surface area contributed by atoms with Crippen LogP contribution >= 0.6 is 23.1 Å². The molecular formula is C20H25N3O3S2. The van der Waals surface area contributed by atoms with Crippen molar-refractivity contribution in [2.75, 3.05) is 19.7 Å². The predicted octanol–water partition coefficient (Wildman–Crippen LogP) is 4.09. The number of carbonyl (C=O) groups is 2. The molecule has 2 amide bonds. The van der Waals surface area contributed by atoms with Crippen LogP contribution in [0.1, 0.15) is 40.8 Å². The lowest BCUT2D eigenvalue weighted by molar-refractivity contribution is 0.0860. The molecule has 150 valence electrons. The maximum absolute atomic E-state index is 12.5. The van der Waals surface area contributed by atoms with Crippen LogP contribution in [0.4, 0.5) is 4.79 Å². The Kier molecular flexibility index (Phi) is 7.33. The van der Waals surface area contributed by atoms with Crippen LogP contribution in [0, 0.1) is 6.92 Å². The number of nitrogens with zero attached hydrogens (tertiary/aromatic N) is 2. The smallest absolute Gasteiger partial charge is 0.409 e. The molecule has 3 rings (SSSR count). The summed E-state index contributed by atoms with van der Waals surface area (Å²) in [5, 5.41) is 6.23. The van der Waals surface area contributed by atoms with Gasteiger partial charge in [0.1, 0.15) is 0 Å². The normalized spacial score (nSPS) is 14.7. The number of aryl methyl sites for hydroxylation is 1. The fourth-order valence-corrected chi connectivity index (χ4v) is 4.53. The van der Waals surface area contributed by atoms with Crippen LogP contribution in [0.5, 0.6) is 0 Å². The lowest BCUT2D eigenvalue weighted by Gasteiger charge is -2.31. The van der Waals surface area contributed by atoms with Gasteiger partial charge in [0.15, 0.2) is 0 Å². The van der Waals surface area contributed by atoms with Gasteiger partial charge in [-0.1, -0.05) is 0 Å². The van der Waals surface area contributed by atoms with Gasteiger partial charge >= 0.3 is 6.09 Å². The molecule has 2 heterocycles. The molecular weight excluding hydrogens is 394 g/mol. The number of ether oxygens (including phenoxy) is 1. The van der Waals surface area contributed by atoms with Crippen molar-refractivity contribution < 1.29 is 14.3 Å². The van der Waals surface area contributed by atoms with Gasteiger partial charge in [-0.25, -0.2) is 9.78 Å². The second kappa shape index (κ2) is 9.93. The van der Waals surface area contributed by atoms with Gasteiger partial charge in [0, 0.05) is 40.7 Å². The molecule has 28 heavy (non-hydrogen) atoms. The number of benzene rings is 1. The van der Waals surface area contributed by atoms with E-state index in [1.54, 1.807) is 34.9 Å². The SMILES string of the molecule is CCOC(=O)N1CCC(NC(=O)c2ccc(SCc3csc(C)n3)cc2)CC1. The fourth-order valence-electron chi connectivity index (χ4n) is 3.02. The third kappa shape index (κ3) is 5.72. The van der Waals surface area contributed by atoms with E-state index in [0.29, 0.717) is 25.3 Å². The number of thioether (sulfide) groups is 1. The highest BCUT2D eigenvalue weighted by molar-refractivity contribution is 7.98. The average molecular weight is 420 g/mol. The zero-order valence-electron chi connectivity index (χ0n) is 16.1. The Balaban J connectivity index is 1.45. The predicted molar refractivity (Wildman–Crippen MR) is 112 cm³/mol. The highest BCUT2D eigenvalue weighted by atomic mass is 32.2. The Hall–Kier alpha value is -2.06. The van der Waals surface area contributed by atoms with Crippen LogP contribution in [0.2, 0.25) is 0 Å². The fraction of sp³-hybridized carbons (Fsp3) is 0.450. The lowest BCUT2D eigenvalue weighted by atomic mass is 10.0. The number of hydrogen-bond donors (Lipinski definition) is 1. The maximum Gasteiger partial charge on any atom is 0.409 e. The first-order valence-corrected chi connectivity index (χ1v) is 11.3. The highest BCUT2D eigenvalue weighted by Gasteiger charge is 2.24. The number of nitrogens with one attached hydrogen (secondary N) is 1. The summed E-state index contributed by atoms with van der Waals surface area (Å²) in [4.78, 5) is 31.5. The van der Waals surface area contributed by atoms with E-state index in [1.807, 2.05) is 31.2 Å². The van der Waals surface area contributed by atoms with Gasteiger partial charge in [-0.3, -0.25) is 4.79 Å². The lowest BCUT2D eigenvalue weighted by Crippen LogP contribution is -2.46. The number of amides is 2. The van der Waals surface area contributed by atoms with E-state index in [-0.39, 0.29) is 18.0 Å². The molecule has 0 spiro atoms. The van der Waals surface area contributed by atoms with Gasteiger partial charge in [-0.2, -0.15) is 0 Å². The molecule has 1 N–H and O–H groups in total. The Morgan fingerprint density at radius 2 is 2.00 bits per heavy atom. The molecule has 1 aliphatic rings. The minimum Gasteiger partial charge on any atom is -0.450 e. The summed E-state index contributed by atoms with van der Waals surface area (Å²) in [6.45, 7) is 5.40. The largest absolute Gasteiger partial charge is 0.450 e. The molecule has 1 aromatic heterocycles. The van der Waals surface area contributed by atoms with E-state index in [2.05, 4.69) is 15.7 Å². The van der Waals surface area contributed by atoms with Crippen molar-refractivity contribution in [2.45, 2.75) is 43.4 Å². The van der Waals surface area contributed by atoms with E-state index in [1.165, 1.54) is 0 Å². The second-order valence-electron chi connectivity index (χ2n) is 6.60. The topological polar surface area (TPSA) is 71.5 Å². The van der Waals surface area contributed by atoms with Crippen LogP contribution in [-0.2, 0) is 10.5 Å². The molecule has 1 aromatic carbocycles. The van der Waals surface area contributed by atoms with Gasteiger partial charge in [0.2, 0.25) is 0 Å². The van der Waals surface area contributed by atoms with Crippen molar-refractivity contribution in [1.29, 1.82) is 0 Å². The zero-order valence-corrected chi connectivity index (χ0v) is 17.8. The van der Waals surface area contributed by atoms with Gasteiger partial charge in [-0.15, -0.1) is 23.1 Å². The maximum atomic E-state index is 12.5. The molecule has 0 aliphatic carbocycles. The zero-order chi connectivity index (χ0) is 19.9. The van der Waals surface area contributed by atoms with Crippen LogP contribution in [-0.4, -0.2) is 47.6 Å². The van der Waals surface area contributed by atoms with Gasteiger partial charge in [0.05, 0.1) is 17.3 Å². The summed E-state index contributed by atoms with van der Waals surface area (Å²) in [6, 6.07) is 7.75. The van der Waals surface area contributed by atoms with Crippen LogP contribution in [0.25, 0.3) is 0 Å². The van der Waals surface area contributed by atoms with E-state index in [9.17, 15) is 9.59 Å². The summed E-state index contributed by atoms with van der Waals surface area (Å²) < 4.78 is 5.02. The van der Waals surface area contributed by atoms with E-state index in [4.69, 9.17) is 4.74 Å². The minimum atomic E-state index is -0.270. The summed E-state index contributed by atoms with van der Waals surface area (Å²) in [6.07, 6.45) is 1.21. The molecule has 0 radical (unpaired) electrons. The standard InChI is InChI=1S/C20H25N3O3S2/c1-3-26-20(25)23-10-8-16(9-11-23)22-19(24)15-4-6-18(7-5-15)28-13-17-12-27-14(2)21-17/h4-7,12,16H,3,8-11,13H2,1-2H3,(H,22,24). The monoisotopic (exact) mass is 419 g/mol. The van der Waals surface area contributed by atoms with Crippen LogP contribution in [0.3, 0.4) is 0 Å². The summed E-state index contributed by atoms with van der Waals surface area (Å²) in [5.41, 5.74) is 1.74. The molecule has 1 aliphatic heterocycles. The van der Waals surface area contributed by atoms with Crippen molar-refractivity contribution in [3.63, 3.8) is 0 Å². The Morgan fingerprint density at radius 3 is 2.61 bits per heavy atom. The first-order valence-electron chi connectivity index (χ1n) is 9.41. The third-order valence-corrected chi connectivity index (χ3v) is 6.39. The van der Waals surface area contributed by atoms with Crippen molar-refractivity contribution in [2.24, 2.45) is 0 Å². The molecule has 0 unspecified atom stereocenters. The highest BCUT2D eigenvalue weighted by Crippen LogP contribution is 2.24. The number of likely N-dealkylation sites (tertiary alicyclic amines) is 1. The summed E-state index contributed by atoms with van der Waals surface area (Å²) in [7, 11) is 0. The molecule has 2 aromatic rings. The van der Waals surface area contributed by atoms with Crippen LogP contribution in [0.15, 0.2) is 34.5 Å². The van der Waals surface area contributed by atoms with Gasteiger partial charge in [-0.05, 0) is 51.0 Å². The van der Waals surface area contributed by atoms with Crippen molar-refractivity contribution in [1.82, 2.24) is 15.2 Å². The van der Waals surface area contributed by atoms with Crippen molar-refractivity contribution in [3.8, 4) is 0 Å². The van der Waals surface area contributed by atoms with Gasteiger partial charge < -0.3 is 15.0 Å². The number of piperidine rings is 1. The molecule has 6 nitrogen and oxygen atoms in total. The molecule has 1 saturated heterocycles. The first kappa shape index (κ1) is 20.7. The number of rotatable bonds is 6.